The second-order valence-corrected chi connectivity index (χ2v) is 3.01. The van der Waals surface area contributed by atoms with E-state index in [1.165, 1.54) is 7.11 Å². The summed E-state index contributed by atoms with van der Waals surface area (Å²) in [5.74, 6) is -1.10. The van der Waals surface area contributed by atoms with Gasteiger partial charge in [-0.2, -0.15) is 0 Å². The normalized spacial score (nSPS) is 17.5. The minimum atomic E-state index is -1.10. The van der Waals surface area contributed by atoms with E-state index in [0.717, 1.165) is 0 Å². The van der Waals surface area contributed by atoms with Crippen LogP contribution in [0.5, 0.6) is 0 Å². The molecule has 84 valence electrons. The Kier molecular flexibility index (Phi) is 4.11. The van der Waals surface area contributed by atoms with Gasteiger partial charge in [-0.3, -0.25) is 0 Å². The Balaban J connectivity index is 2.68. The lowest BCUT2D eigenvalue weighted by molar-refractivity contribution is -0.138. The first-order valence-electron chi connectivity index (χ1n) is 4.49. The van der Waals surface area contributed by atoms with Crippen molar-refractivity contribution in [3.05, 3.63) is 11.6 Å². The highest BCUT2D eigenvalue weighted by atomic mass is 16.5. The lowest BCUT2D eigenvalue weighted by Gasteiger charge is -2.20. The van der Waals surface area contributed by atoms with Crippen LogP contribution in [0.1, 0.15) is 6.42 Å². The van der Waals surface area contributed by atoms with Crippen molar-refractivity contribution < 1.29 is 24.2 Å². The van der Waals surface area contributed by atoms with Gasteiger partial charge in [0.2, 0.25) is 0 Å². The highest BCUT2D eigenvalue weighted by Crippen LogP contribution is 2.12. The molecule has 0 saturated heterocycles. The molecule has 1 heterocycles. The van der Waals surface area contributed by atoms with Gasteiger partial charge in [0.05, 0.1) is 20.3 Å². The molecule has 1 aliphatic rings. The topological polar surface area (TPSA) is 84.9 Å². The maximum atomic E-state index is 10.9. The quantitative estimate of drug-likeness (QED) is 0.654. The van der Waals surface area contributed by atoms with Crippen molar-refractivity contribution in [2.24, 2.45) is 0 Å². The number of carboxylic acid groups (broad SMARTS) is 1. The van der Waals surface area contributed by atoms with Gasteiger partial charge in [0.15, 0.2) is 6.04 Å². The van der Waals surface area contributed by atoms with Gasteiger partial charge in [0, 0.05) is 0 Å². The average molecular weight is 215 g/mol. The van der Waals surface area contributed by atoms with Gasteiger partial charge in [-0.05, 0) is 12.0 Å². The number of alkyl carbamates (subject to hydrolysis) is 1. The summed E-state index contributed by atoms with van der Waals surface area (Å²) in [4.78, 5) is 21.8. The number of carbonyl (C=O) groups excluding carboxylic acids is 1. The first-order valence-corrected chi connectivity index (χ1v) is 4.49. The van der Waals surface area contributed by atoms with Crippen LogP contribution in [-0.2, 0) is 14.3 Å². The zero-order valence-corrected chi connectivity index (χ0v) is 8.36. The molecule has 15 heavy (non-hydrogen) atoms. The third-order valence-corrected chi connectivity index (χ3v) is 2.06. The summed E-state index contributed by atoms with van der Waals surface area (Å²) >= 11 is 0. The van der Waals surface area contributed by atoms with Crippen molar-refractivity contribution >= 4 is 12.1 Å². The number of ether oxygens (including phenoxy) is 2. The summed E-state index contributed by atoms with van der Waals surface area (Å²) in [6.45, 7) is 0.848. The molecule has 0 spiro atoms. The molecule has 1 aliphatic heterocycles. The highest BCUT2D eigenvalue weighted by molar-refractivity contribution is 5.83. The number of aliphatic carboxylic acids is 1. The number of rotatable bonds is 3. The number of nitrogens with one attached hydrogen (secondary N) is 1. The molecule has 6 heteroatoms. The lowest BCUT2D eigenvalue weighted by atomic mass is 10.0. The van der Waals surface area contributed by atoms with E-state index in [2.05, 4.69) is 10.1 Å². The zero-order valence-electron chi connectivity index (χ0n) is 8.36. The van der Waals surface area contributed by atoms with Crippen molar-refractivity contribution in [1.82, 2.24) is 5.32 Å². The Morgan fingerprint density at radius 3 is 2.87 bits per heavy atom. The first kappa shape index (κ1) is 11.5. The number of amides is 1. The van der Waals surface area contributed by atoms with Crippen LogP contribution >= 0.6 is 0 Å². The van der Waals surface area contributed by atoms with Gasteiger partial charge in [-0.1, -0.05) is 6.08 Å². The third-order valence-electron chi connectivity index (χ3n) is 2.06. The van der Waals surface area contributed by atoms with Crippen LogP contribution in [0.25, 0.3) is 0 Å². The molecule has 6 nitrogen and oxygen atoms in total. The Morgan fingerprint density at radius 2 is 2.40 bits per heavy atom. The first-order chi connectivity index (χ1) is 7.15. The minimum absolute atomic E-state index is 0.377. The van der Waals surface area contributed by atoms with E-state index in [0.29, 0.717) is 25.2 Å². The summed E-state index contributed by atoms with van der Waals surface area (Å²) in [5, 5.41) is 11.2. The van der Waals surface area contributed by atoms with E-state index in [1.807, 2.05) is 0 Å². The maximum Gasteiger partial charge on any atom is 0.407 e. The number of hydrogen-bond donors (Lipinski definition) is 2. The summed E-state index contributed by atoms with van der Waals surface area (Å²) in [6.07, 6.45) is 1.41. The molecular weight excluding hydrogens is 202 g/mol. The standard InChI is InChI=1S/C9H13NO5/c1-14-9(13)10-7(8(11)12)6-2-4-15-5-3-6/h2,7H,3-5H2,1H3,(H,10,13)(H,11,12)/t7-/m1/s1. The number of carboxylic acids is 1. The molecule has 1 rings (SSSR count). The molecular formula is C9H13NO5. The predicted octanol–water partition coefficient (Wildman–Crippen LogP) is 0.142. The van der Waals surface area contributed by atoms with Gasteiger partial charge < -0.3 is 19.9 Å². The van der Waals surface area contributed by atoms with Gasteiger partial charge in [-0.15, -0.1) is 0 Å². The largest absolute Gasteiger partial charge is 0.479 e. The van der Waals surface area contributed by atoms with Crippen LogP contribution in [0, 0.1) is 0 Å². The van der Waals surface area contributed by atoms with Gasteiger partial charge in [0.1, 0.15) is 0 Å². The molecule has 0 fully saturated rings. The fourth-order valence-electron chi connectivity index (χ4n) is 1.29. The number of methoxy groups -OCH3 is 1. The molecule has 0 aromatic carbocycles. The summed E-state index contributed by atoms with van der Waals surface area (Å²) in [5.41, 5.74) is 0.638. The molecule has 0 saturated carbocycles. The Hall–Kier alpha value is -1.56. The summed E-state index contributed by atoms with van der Waals surface area (Å²) in [7, 11) is 1.19. The van der Waals surface area contributed by atoms with Crippen molar-refractivity contribution in [3.8, 4) is 0 Å². The average Bonchev–Trinajstić information content (AvgIpc) is 2.26. The van der Waals surface area contributed by atoms with E-state index in [9.17, 15) is 9.59 Å². The molecule has 0 aromatic heterocycles. The maximum absolute atomic E-state index is 10.9. The van der Waals surface area contributed by atoms with E-state index in [4.69, 9.17) is 9.84 Å². The number of carbonyl (C=O) groups is 2. The Labute approximate surface area is 86.9 Å². The second kappa shape index (κ2) is 5.35. The highest BCUT2D eigenvalue weighted by Gasteiger charge is 2.25. The van der Waals surface area contributed by atoms with E-state index in [1.54, 1.807) is 6.08 Å². The summed E-state index contributed by atoms with van der Waals surface area (Å²) in [6, 6.07) is -1.03. The second-order valence-electron chi connectivity index (χ2n) is 3.01. The fraction of sp³-hybridized carbons (Fsp3) is 0.556. The van der Waals surface area contributed by atoms with E-state index >= 15 is 0 Å². The summed E-state index contributed by atoms with van der Waals surface area (Å²) < 4.78 is 9.40. The molecule has 0 radical (unpaired) electrons. The predicted molar refractivity (Wildman–Crippen MR) is 50.5 cm³/mol. The van der Waals surface area contributed by atoms with Gasteiger partial charge >= 0.3 is 12.1 Å². The fourth-order valence-corrected chi connectivity index (χ4v) is 1.29. The van der Waals surface area contributed by atoms with Crippen LogP contribution in [0.2, 0.25) is 0 Å². The van der Waals surface area contributed by atoms with Crippen LogP contribution in [0.3, 0.4) is 0 Å². The monoisotopic (exact) mass is 215 g/mol. The molecule has 0 unspecified atom stereocenters. The van der Waals surface area contributed by atoms with Crippen LogP contribution in [-0.4, -0.2) is 43.5 Å². The minimum Gasteiger partial charge on any atom is -0.479 e. The Bertz CT molecular complexity index is 286. The van der Waals surface area contributed by atoms with Crippen LogP contribution in [0.4, 0.5) is 4.79 Å². The van der Waals surface area contributed by atoms with Crippen molar-refractivity contribution in [2.75, 3.05) is 20.3 Å². The van der Waals surface area contributed by atoms with E-state index in [-0.39, 0.29) is 0 Å². The van der Waals surface area contributed by atoms with Crippen molar-refractivity contribution in [2.45, 2.75) is 12.5 Å². The van der Waals surface area contributed by atoms with Gasteiger partial charge in [-0.25, -0.2) is 9.59 Å². The molecule has 0 aromatic rings. The third kappa shape index (κ3) is 3.25. The van der Waals surface area contributed by atoms with Crippen LogP contribution in [0.15, 0.2) is 11.6 Å². The smallest absolute Gasteiger partial charge is 0.407 e. The van der Waals surface area contributed by atoms with Gasteiger partial charge in [0.25, 0.3) is 0 Å². The van der Waals surface area contributed by atoms with Crippen molar-refractivity contribution in [1.29, 1.82) is 0 Å². The van der Waals surface area contributed by atoms with Crippen molar-refractivity contribution in [3.63, 3.8) is 0 Å². The molecule has 0 bridgehead atoms. The molecule has 1 atom stereocenters. The SMILES string of the molecule is COC(=O)N[C@@H](C(=O)O)C1=CCOCC1. The lowest BCUT2D eigenvalue weighted by Crippen LogP contribution is -2.43. The van der Waals surface area contributed by atoms with E-state index < -0.39 is 18.1 Å². The molecule has 1 amide bonds. The molecule has 0 aliphatic carbocycles. The molecule has 2 N–H and O–H groups in total. The number of hydrogen-bond acceptors (Lipinski definition) is 4. The Morgan fingerprint density at radius 1 is 1.67 bits per heavy atom. The zero-order chi connectivity index (χ0) is 11.3. The van der Waals surface area contributed by atoms with Crippen LogP contribution < -0.4 is 5.32 Å².